The van der Waals surface area contributed by atoms with Gasteiger partial charge in [-0.25, -0.2) is 8.42 Å². The third kappa shape index (κ3) is 10.4. The van der Waals surface area contributed by atoms with Gasteiger partial charge >= 0.3 is 0 Å². The lowest BCUT2D eigenvalue weighted by Gasteiger charge is -2.17. The second kappa shape index (κ2) is 11.2. The van der Waals surface area contributed by atoms with Crippen LogP contribution < -0.4 is 10.6 Å². The zero-order valence-electron chi connectivity index (χ0n) is 13.3. The molecule has 1 rings (SSSR count). The van der Waals surface area contributed by atoms with E-state index in [9.17, 15) is 8.42 Å². The Labute approximate surface area is 154 Å². The van der Waals surface area contributed by atoms with Crippen molar-refractivity contribution in [3.05, 3.63) is 22.4 Å². The van der Waals surface area contributed by atoms with Crippen LogP contribution in [0, 0.1) is 0 Å². The molecule has 2 N–H and O–H groups in total. The van der Waals surface area contributed by atoms with Gasteiger partial charge in [0.15, 0.2) is 5.96 Å². The molecule has 0 amide bonds. The van der Waals surface area contributed by atoms with Gasteiger partial charge in [-0.3, -0.25) is 4.99 Å². The van der Waals surface area contributed by atoms with Crippen LogP contribution >= 0.6 is 35.3 Å². The summed E-state index contributed by atoms with van der Waals surface area (Å²) >= 11 is 1.74. The van der Waals surface area contributed by atoms with E-state index >= 15 is 0 Å². The first-order valence-electron chi connectivity index (χ1n) is 7.15. The maximum atomic E-state index is 11.2. The van der Waals surface area contributed by atoms with E-state index in [0.29, 0.717) is 13.0 Å². The molecule has 1 aromatic rings. The predicted molar refractivity (Wildman–Crippen MR) is 106 cm³/mol. The van der Waals surface area contributed by atoms with Crippen LogP contribution in [-0.2, 0) is 16.3 Å². The van der Waals surface area contributed by atoms with Crippen LogP contribution in [0.15, 0.2) is 22.5 Å². The highest BCUT2D eigenvalue weighted by atomic mass is 127. The minimum atomic E-state index is -2.91. The highest BCUT2D eigenvalue weighted by Crippen LogP contribution is 2.08. The summed E-state index contributed by atoms with van der Waals surface area (Å²) in [6, 6.07) is 4.22. The Morgan fingerprint density at radius 2 is 2.18 bits per heavy atom. The number of nitrogens with zero attached hydrogens (tertiary/aromatic N) is 1. The second-order valence-corrected chi connectivity index (χ2v) is 8.35. The third-order valence-corrected chi connectivity index (χ3v) is 4.77. The van der Waals surface area contributed by atoms with Crippen molar-refractivity contribution in [1.29, 1.82) is 0 Å². The molecule has 128 valence electrons. The number of sulfone groups is 1. The van der Waals surface area contributed by atoms with Crippen molar-refractivity contribution in [2.75, 3.05) is 25.1 Å². The molecular weight excluding hydrogens is 433 g/mol. The molecule has 0 aromatic carbocycles. The summed E-state index contributed by atoms with van der Waals surface area (Å²) in [5.74, 6) is 0.936. The van der Waals surface area contributed by atoms with Crippen LogP contribution in [0.2, 0.25) is 0 Å². The van der Waals surface area contributed by atoms with Crippen LogP contribution in [0.25, 0.3) is 0 Å². The summed E-state index contributed by atoms with van der Waals surface area (Å²) in [5.41, 5.74) is 0. The number of thiophene rings is 1. The highest BCUT2D eigenvalue weighted by Gasteiger charge is 2.09. The van der Waals surface area contributed by atoms with Gasteiger partial charge in [-0.15, -0.1) is 35.3 Å². The van der Waals surface area contributed by atoms with E-state index in [1.54, 1.807) is 11.3 Å². The normalized spacial score (nSPS) is 13.3. The minimum absolute atomic E-state index is 0. The Hall–Kier alpha value is -0.350. The predicted octanol–water partition coefficient (Wildman–Crippen LogP) is 2.29. The lowest BCUT2D eigenvalue weighted by Crippen LogP contribution is -2.43. The fraction of sp³-hybridized carbons (Fsp3) is 0.643. The molecule has 1 atom stereocenters. The first-order valence-corrected chi connectivity index (χ1v) is 10.1. The molecule has 0 aliphatic carbocycles. The summed E-state index contributed by atoms with van der Waals surface area (Å²) in [6.07, 6.45) is 2.76. The topological polar surface area (TPSA) is 70.6 Å². The van der Waals surface area contributed by atoms with Crippen LogP contribution in [0.1, 0.15) is 25.1 Å². The SMILES string of the molecule is CCNC(=NCCc1cccs1)NC(C)CCS(C)(=O)=O.I. The molecule has 5 nitrogen and oxygen atoms in total. The zero-order valence-corrected chi connectivity index (χ0v) is 17.3. The van der Waals surface area contributed by atoms with Gasteiger partial charge in [0.25, 0.3) is 0 Å². The number of hydrogen-bond acceptors (Lipinski definition) is 4. The zero-order chi connectivity index (χ0) is 15.7. The van der Waals surface area contributed by atoms with Crippen molar-refractivity contribution in [2.45, 2.75) is 32.7 Å². The van der Waals surface area contributed by atoms with E-state index in [4.69, 9.17) is 0 Å². The molecular formula is C14H26IN3O2S2. The molecule has 22 heavy (non-hydrogen) atoms. The first-order chi connectivity index (χ1) is 9.90. The number of nitrogens with one attached hydrogen (secondary N) is 2. The molecule has 1 unspecified atom stereocenters. The van der Waals surface area contributed by atoms with Crippen molar-refractivity contribution >= 4 is 51.1 Å². The Balaban J connectivity index is 0.00000441. The average Bonchev–Trinajstić information content (AvgIpc) is 2.89. The van der Waals surface area contributed by atoms with E-state index in [1.807, 2.05) is 19.9 Å². The van der Waals surface area contributed by atoms with Crippen molar-refractivity contribution in [3.8, 4) is 0 Å². The minimum Gasteiger partial charge on any atom is -0.357 e. The molecule has 0 saturated carbocycles. The third-order valence-electron chi connectivity index (χ3n) is 2.86. The molecule has 0 spiro atoms. The Bertz CT molecular complexity index is 530. The number of rotatable bonds is 8. The molecule has 0 radical (unpaired) electrons. The summed E-state index contributed by atoms with van der Waals surface area (Å²) in [5, 5.41) is 8.50. The summed E-state index contributed by atoms with van der Waals surface area (Å²) in [7, 11) is -2.91. The molecule has 8 heteroatoms. The Morgan fingerprint density at radius 1 is 1.45 bits per heavy atom. The van der Waals surface area contributed by atoms with Crippen LogP contribution in [0.5, 0.6) is 0 Å². The first kappa shape index (κ1) is 21.6. The van der Waals surface area contributed by atoms with Gasteiger partial charge in [-0.1, -0.05) is 6.07 Å². The number of halogens is 1. The number of hydrogen-bond donors (Lipinski definition) is 2. The largest absolute Gasteiger partial charge is 0.357 e. The van der Waals surface area contributed by atoms with E-state index in [2.05, 4.69) is 27.1 Å². The molecule has 0 aliphatic heterocycles. The fourth-order valence-electron chi connectivity index (χ4n) is 1.75. The van der Waals surface area contributed by atoms with Gasteiger partial charge in [0, 0.05) is 36.7 Å². The van der Waals surface area contributed by atoms with E-state index in [-0.39, 0.29) is 35.8 Å². The highest BCUT2D eigenvalue weighted by molar-refractivity contribution is 14.0. The Kier molecular flexibility index (Phi) is 11.0. The van der Waals surface area contributed by atoms with Gasteiger partial charge in [0.1, 0.15) is 9.84 Å². The molecule has 1 aromatic heterocycles. The van der Waals surface area contributed by atoms with Gasteiger partial charge in [0.05, 0.1) is 5.75 Å². The van der Waals surface area contributed by atoms with Gasteiger partial charge in [0.2, 0.25) is 0 Å². The summed E-state index contributed by atoms with van der Waals surface area (Å²) in [6.45, 7) is 5.48. The van der Waals surface area contributed by atoms with Gasteiger partial charge in [-0.2, -0.15) is 0 Å². The second-order valence-electron chi connectivity index (χ2n) is 5.05. The fourth-order valence-corrected chi connectivity index (χ4v) is 3.23. The lowest BCUT2D eigenvalue weighted by atomic mass is 10.3. The molecule has 0 bridgehead atoms. The molecule has 0 aliphatic rings. The standard InChI is InChI=1S/C14H25N3O2S2.HI/c1-4-15-14(16-9-7-13-6-5-10-20-13)17-12(2)8-11-21(3,18)19;/h5-6,10,12H,4,7-9,11H2,1-3H3,(H2,15,16,17);1H. The van der Waals surface area contributed by atoms with E-state index < -0.39 is 9.84 Å². The average molecular weight is 459 g/mol. The molecule has 1 heterocycles. The van der Waals surface area contributed by atoms with Crippen molar-refractivity contribution in [2.24, 2.45) is 4.99 Å². The molecule has 0 saturated heterocycles. The van der Waals surface area contributed by atoms with Crippen molar-refractivity contribution in [3.63, 3.8) is 0 Å². The monoisotopic (exact) mass is 459 g/mol. The van der Waals surface area contributed by atoms with Crippen molar-refractivity contribution < 1.29 is 8.42 Å². The maximum absolute atomic E-state index is 11.2. The smallest absolute Gasteiger partial charge is 0.191 e. The summed E-state index contributed by atoms with van der Waals surface area (Å²) in [4.78, 5) is 5.84. The van der Waals surface area contributed by atoms with Crippen LogP contribution in [0.3, 0.4) is 0 Å². The van der Waals surface area contributed by atoms with E-state index in [1.165, 1.54) is 11.1 Å². The van der Waals surface area contributed by atoms with Crippen LogP contribution in [-0.4, -0.2) is 45.5 Å². The summed E-state index contributed by atoms with van der Waals surface area (Å²) < 4.78 is 22.4. The van der Waals surface area contributed by atoms with Crippen LogP contribution in [0.4, 0.5) is 0 Å². The Morgan fingerprint density at radius 3 is 2.73 bits per heavy atom. The maximum Gasteiger partial charge on any atom is 0.191 e. The number of aliphatic imine (C=N–C) groups is 1. The quantitative estimate of drug-likeness (QED) is 0.356. The van der Waals surface area contributed by atoms with Gasteiger partial charge in [-0.05, 0) is 31.7 Å². The van der Waals surface area contributed by atoms with Crippen molar-refractivity contribution in [1.82, 2.24) is 10.6 Å². The number of guanidine groups is 1. The van der Waals surface area contributed by atoms with E-state index in [0.717, 1.165) is 18.9 Å². The lowest BCUT2D eigenvalue weighted by molar-refractivity contribution is 0.581. The molecule has 0 fully saturated rings. The van der Waals surface area contributed by atoms with Gasteiger partial charge < -0.3 is 10.6 Å².